The summed E-state index contributed by atoms with van der Waals surface area (Å²) in [6.45, 7) is 5.46. The minimum Gasteiger partial charge on any atom is -0.455 e. The van der Waals surface area contributed by atoms with Crippen molar-refractivity contribution in [1.29, 1.82) is 0 Å². The standard InChI is InChI=1S/C20H25N3O3/c24-20(16-21-10-11-23-12-14-25-15-13-23)22-18-8-4-5-9-19(18)26-17-6-2-1-3-7-17/h1-9,21H,10-16H2,(H,22,24). The highest BCUT2D eigenvalue weighted by molar-refractivity contribution is 5.93. The first-order chi connectivity index (χ1) is 12.8. The number of anilines is 1. The number of benzene rings is 2. The van der Waals surface area contributed by atoms with E-state index < -0.39 is 0 Å². The number of para-hydroxylation sites is 3. The molecule has 2 aromatic carbocycles. The number of carbonyl (C=O) groups excluding carboxylic acids is 1. The van der Waals surface area contributed by atoms with Crippen molar-refractivity contribution in [2.75, 3.05) is 51.3 Å². The number of carbonyl (C=O) groups is 1. The van der Waals surface area contributed by atoms with Gasteiger partial charge in [-0.2, -0.15) is 0 Å². The molecular formula is C20H25N3O3. The van der Waals surface area contributed by atoms with Crippen molar-refractivity contribution < 1.29 is 14.3 Å². The van der Waals surface area contributed by atoms with Crippen LogP contribution in [0.2, 0.25) is 0 Å². The van der Waals surface area contributed by atoms with Crippen LogP contribution in [0.3, 0.4) is 0 Å². The molecule has 2 N–H and O–H groups in total. The van der Waals surface area contributed by atoms with Gasteiger partial charge in [0.2, 0.25) is 5.91 Å². The van der Waals surface area contributed by atoms with E-state index in [4.69, 9.17) is 9.47 Å². The lowest BCUT2D eigenvalue weighted by atomic mass is 10.3. The summed E-state index contributed by atoms with van der Waals surface area (Å²) in [5.41, 5.74) is 0.663. The van der Waals surface area contributed by atoms with Gasteiger partial charge in [-0.15, -0.1) is 0 Å². The number of ether oxygens (including phenoxy) is 2. The van der Waals surface area contributed by atoms with Crippen LogP contribution in [-0.4, -0.2) is 56.7 Å². The average Bonchev–Trinajstić information content (AvgIpc) is 2.68. The molecule has 6 heteroatoms. The third-order valence-electron chi connectivity index (χ3n) is 4.13. The lowest BCUT2D eigenvalue weighted by molar-refractivity contribution is -0.115. The molecule has 138 valence electrons. The molecule has 0 saturated carbocycles. The Morgan fingerprint density at radius 1 is 1.04 bits per heavy atom. The number of hydrogen-bond acceptors (Lipinski definition) is 5. The van der Waals surface area contributed by atoms with Gasteiger partial charge in [-0.3, -0.25) is 9.69 Å². The predicted molar refractivity (Wildman–Crippen MR) is 102 cm³/mol. The first kappa shape index (κ1) is 18.4. The first-order valence-corrected chi connectivity index (χ1v) is 8.94. The van der Waals surface area contributed by atoms with Gasteiger partial charge in [0, 0.05) is 26.2 Å². The Balaban J connectivity index is 1.45. The van der Waals surface area contributed by atoms with Crippen molar-refractivity contribution in [3.05, 3.63) is 54.6 Å². The third kappa shape index (κ3) is 5.84. The molecule has 1 heterocycles. The Bertz CT molecular complexity index is 688. The van der Waals surface area contributed by atoms with Gasteiger partial charge in [-0.25, -0.2) is 0 Å². The molecule has 1 amide bonds. The third-order valence-corrected chi connectivity index (χ3v) is 4.13. The summed E-state index contributed by atoms with van der Waals surface area (Å²) >= 11 is 0. The van der Waals surface area contributed by atoms with Gasteiger partial charge < -0.3 is 20.1 Å². The van der Waals surface area contributed by atoms with Crippen LogP contribution >= 0.6 is 0 Å². The second-order valence-corrected chi connectivity index (χ2v) is 6.09. The van der Waals surface area contributed by atoms with Crippen molar-refractivity contribution in [3.8, 4) is 11.5 Å². The molecule has 26 heavy (non-hydrogen) atoms. The van der Waals surface area contributed by atoms with Crippen molar-refractivity contribution in [1.82, 2.24) is 10.2 Å². The van der Waals surface area contributed by atoms with Crippen LogP contribution in [0, 0.1) is 0 Å². The molecule has 0 bridgehead atoms. The smallest absolute Gasteiger partial charge is 0.238 e. The van der Waals surface area contributed by atoms with Gasteiger partial charge in [-0.1, -0.05) is 30.3 Å². The topological polar surface area (TPSA) is 62.8 Å². The summed E-state index contributed by atoms with van der Waals surface area (Å²) in [6, 6.07) is 17.0. The zero-order chi connectivity index (χ0) is 18.0. The summed E-state index contributed by atoms with van der Waals surface area (Å²) < 4.78 is 11.2. The lowest BCUT2D eigenvalue weighted by Gasteiger charge is -2.26. The van der Waals surface area contributed by atoms with Gasteiger partial charge in [0.05, 0.1) is 25.4 Å². The highest BCUT2D eigenvalue weighted by Crippen LogP contribution is 2.28. The monoisotopic (exact) mass is 355 g/mol. The van der Waals surface area contributed by atoms with E-state index in [0.717, 1.165) is 45.1 Å². The molecule has 6 nitrogen and oxygen atoms in total. The fourth-order valence-electron chi connectivity index (χ4n) is 2.73. The molecule has 1 saturated heterocycles. The van der Waals surface area contributed by atoms with Crippen molar-refractivity contribution >= 4 is 11.6 Å². The summed E-state index contributed by atoms with van der Waals surface area (Å²) in [6.07, 6.45) is 0. The maximum absolute atomic E-state index is 12.2. The van der Waals surface area contributed by atoms with Crippen molar-refractivity contribution in [2.45, 2.75) is 0 Å². The first-order valence-electron chi connectivity index (χ1n) is 8.94. The molecule has 0 radical (unpaired) electrons. The molecule has 2 aromatic rings. The fourth-order valence-corrected chi connectivity index (χ4v) is 2.73. The Hall–Kier alpha value is -2.41. The van der Waals surface area contributed by atoms with E-state index >= 15 is 0 Å². The minimum absolute atomic E-state index is 0.0870. The van der Waals surface area contributed by atoms with E-state index in [1.165, 1.54) is 0 Å². The largest absolute Gasteiger partial charge is 0.455 e. The SMILES string of the molecule is O=C(CNCCN1CCOCC1)Nc1ccccc1Oc1ccccc1. The molecule has 0 aromatic heterocycles. The van der Waals surface area contributed by atoms with E-state index in [0.29, 0.717) is 11.4 Å². The van der Waals surface area contributed by atoms with Crippen LogP contribution in [0.15, 0.2) is 54.6 Å². The van der Waals surface area contributed by atoms with Crippen LogP contribution in [-0.2, 0) is 9.53 Å². The number of hydrogen-bond donors (Lipinski definition) is 2. The number of rotatable bonds is 8. The quantitative estimate of drug-likeness (QED) is 0.712. The Morgan fingerprint density at radius 2 is 1.77 bits per heavy atom. The second kappa shape index (κ2) is 9.91. The van der Waals surface area contributed by atoms with E-state index in [1.54, 1.807) is 0 Å². The molecule has 3 rings (SSSR count). The van der Waals surface area contributed by atoms with Gasteiger partial charge in [-0.05, 0) is 24.3 Å². The van der Waals surface area contributed by atoms with Crippen molar-refractivity contribution in [2.24, 2.45) is 0 Å². The maximum atomic E-state index is 12.2. The zero-order valence-electron chi connectivity index (χ0n) is 14.8. The Morgan fingerprint density at radius 3 is 2.58 bits per heavy atom. The van der Waals surface area contributed by atoms with Crippen LogP contribution < -0.4 is 15.4 Å². The molecule has 0 atom stereocenters. The summed E-state index contributed by atoms with van der Waals surface area (Å²) in [5.74, 6) is 1.27. The van der Waals surface area contributed by atoms with E-state index in [9.17, 15) is 4.79 Å². The molecule has 0 spiro atoms. The highest BCUT2D eigenvalue weighted by Gasteiger charge is 2.11. The number of morpholine rings is 1. The zero-order valence-corrected chi connectivity index (χ0v) is 14.8. The van der Waals surface area contributed by atoms with Gasteiger partial charge in [0.1, 0.15) is 5.75 Å². The maximum Gasteiger partial charge on any atom is 0.238 e. The number of nitrogens with zero attached hydrogens (tertiary/aromatic N) is 1. The van der Waals surface area contributed by atoms with Crippen LogP contribution in [0.4, 0.5) is 5.69 Å². The van der Waals surface area contributed by atoms with E-state index in [2.05, 4.69) is 15.5 Å². The minimum atomic E-state index is -0.0870. The molecular weight excluding hydrogens is 330 g/mol. The normalized spacial score (nSPS) is 14.8. The van der Waals surface area contributed by atoms with Gasteiger partial charge >= 0.3 is 0 Å². The van der Waals surface area contributed by atoms with E-state index in [-0.39, 0.29) is 12.5 Å². The molecule has 0 aliphatic carbocycles. The fraction of sp³-hybridized carbons (Fsp3) is 0.350. The number of nitrogens with one attached hydrogen (secondary N) is 2. The molecule has 0 unspecified atom stereocenters. The lowest BCUT2D eigenvalue weighted by Crippen LogP contribution is -2.41. The van der Waals surface area contributed by atoms with Gasteiger partial charge in [0.15, 0.2) is 5.75 Å². The molecule has 1 fully saturated rings. The highest BCUT2D eigenvalue weighted by atomic mass is 16.5. The Labute approximate surface area is 154 Å². The van der Waals surface area contributed by atoms with Crippen LogP contribution in [0.25, 0.3) is 0 Å². The molecule has 1 aliphatic heterocycles. The van der Waals surface area contributed by atoms with Crippen LogP contribution in [0.1, 0.15) is 0 Å². The summed E-state index contributed by atoms with van der Waals surface area (Å²) in [7, 11) is 0. The molecule has 1 aliphatic rings. The number of amides is 1. The van der Waals surface area contributed by atoms with Gasteiger partial charge in [0.25, 0.3) is 0 Å². The van der Waals surface area contributed by atoms with E-state index in [1.807, 2.05) is 54.6 Å². The second-order valence-electron chi connectivity index (χ2n) is 6.09. The summed E-state index contributed by atoms with van der Waals surface area (Å²) in [5, 5.41) is 6.10. The predicted octanol–water partition coefficient (Wildman–Crippen LogP) is 2.34. The van der Waals surface area contributed by atoms with Crippen LogP contribution in [0.5, 0.6) is 11.5 Å². The average molecular weight is 355 g/mol. The Kier molecular flexibility index (Phi) is 7.01. The summed E-state index contributed by atoms with van der Waals surface area (Å²) in [4.78, 5) is 14.5. The van der Waals surface area contributed by atoms with Crippen molar-refractivity contribution in [3.63, 3.8) is 0 Å².